The standard InChI is InChI=1S/C23H25N5O3S/c1-4-32(30)17-5-6-18-20(8-17)28(12-23(18)13-31-14-23)21-24-9-15(10-25-21)19-7-16(11-26-27-19)22(2,3)29/h5-11,29H,4,12-14H2,1-3H3. The van der Waals surface area contributed by atoms with Gasteiger partial charge in [0.05, 0.1) is 41.8 Å². The fourth-order valence-electron chi connectivity index (χ4n) is 4.17. The van der Waals surface area contributed by atoms with Crippen molar-refractivity contribution in [1.29, 1.82) is 0 Å². The van der Waals surface area contributed by atoms with Crippen LogP contribution in [0.4, 0.5) is 11.6 Å². The first-order valence-electron chi connectivity index (χ1n) is 10.6. The van der Waals surface area contributed by atoms with Crippen molar-refractivity contribution in [2.45, 2.75) is 36.7 Å². The average Bonchev–Trinajstić information content (AvgIpc) is 3.13. The highest BCUT2D eigenvalue weighted by molar-refractivity contribution is 7.91. The Hall–Kier alpha value is -2.59. The minimum atomic E-state index is -1.04. The third-order valence-corrected chi connectivity index (χ3v) is 7.41. The van der Waals surface area contributed by atoms with E-state index >= 15 is 0 Å². The maximum atomic E-state index is 12.4. The van der Waals surface area contributed by atoms with Crippen molar-refractivity contribution in [3.05, 3.63) is 54.0 Å². The summed E-state index contributed by atoms with van der Waals surface area (Å²) < 4.78 is 18.0. The predicted octanol–water partition coefficient (Wildman–Crippen LogP) is 2.71. The Kier molecular flexibility index (Phi) is 5.16. The topological polar surface area (TPSA) is 107 Å². The number of aromatic nitrogens is 4. The second kappa shape index (κ2) is 7.77. The zero-order chi connectivity index (χ0) is 22.5. The van der Waals surface area contributed by atoms with Crippen LogP contribution in [-0.2, 0) is 26.9 Å². The van der Waals surface area contributed by atoms with E-state index in [9.17, 15) is 9.66 Å². The Labute approximate surface area is 189 Å². The van der Waals surface area contributed by atoms with Gasteiger partial charge in [-0.3, -0.25) is 0 Å². The van der Waals surface area contributed by atoms with Gasteiger partial charge in [0.2, 0.25) is 5.95 Å². The third kappa shape index (κ3) is 3.55. The molecular formula is C23H25N5O3S. The SMILES string of the molecule is CC[S+]([O-])c1ccc2c(c1)N(c1ncc(-c3cc(C(C)(C)O)cnn3)cn1)CC21COC1. The molecule has 5 rings (SSSR count). The largest absolute Gasteiger partial charge is 0.611 e. The molecule has 3 aromatic rings. The summed E-state index contributed by atoms with van der Waals surface area (Å²) in [4.78, 5) is 12.1. The Balaban J connectivity index is 1.49. The third-order valence-electron chi connectivity index (χ3n) is 6.11. The fourth-order valence-corrected chi connectivity index (χ4v) is 4.97. The molecule has 1 saturated heterocycles. The molecule has 1 unspecified atom stereocenters. The van der Waals surface area contributed by atoms with E-state index in [0.717, 1.165) is 17.1 Å². The van der Waals surface area contributed by atoms with Gasteiger partial charge in [0.25, 0.3) is 0 Å². The maximum absolute atomic E-state index is 12.4. The molecular weight excluding hydrogens is 426 g/mol. The highest BCUT2D eigenvalue weighted by Crippen LogP contribution is 2.48. The van der Waals surface area contributed by atoms with E-state index in [0.29, 0.717) is 41.7 Å². The quantitative estimate of drug-likeness (QED) is 0.590. The van der Waals surface area contributed by atoms with Gasteiger partial charge >= 0.3 is 0 Å². The Morgan fingerprint density at radius 2 is 1.94 bits per heavy atom. The first-order chi connectivity index (χ1) is 15.3. The van der Waals surface area contributed by atoms with E-state index in [4.69, 9.17) is 4.74 Å². The normalized spacial score (nSPS) is 17.8. The molecule has 0 bridgehead atoms. The molecule has 2 aromatic heterocycles. The molecule has 0 saturated carbocycles. The number of benzene rings is 1. The van der Waals surface area contributed by atoms with Gasteiger partial charge in [-0.1, -0.05) is 6.07 Å². The molecule has 1 spiro atoms. The van der Waals surface area contributed by atoms with Gasteiger partial charge in [-0.2, -0.15) is 10.2 Å². The lowest BCUT2D eigenvalue weighted by Gasteiger charge is -2.38. The average molecular weight is 452 g/mol. The van der Waals surface area contributed by atoms with Crippen LogP contribution in [0.5, 0.6) is 0 Å². The Morgan fingerprint density at radius 3 is 2.56 bits per heavy atom. The number of anilines is 2. The van der Waals surface area contributed by atoms with Crippen LogP contribution in [-0.4, -0.2) is 55.3 Å². The van der Waals surface area contributed by atoms with Crippen molar-refractivity contribution in [2.75, 3.05) is 30.4 Å². The number of hydrogen-bond donors (Lipinski definition) is 1. The van der Waals surface area contributed by atoms with E-state index in [-0.39, 0.29) is 5.41 Å². The molecule has 166 valence electrons. The number of aliphatic hydroxyl groups is 1. The smallest absolute Gasteiger partial charge is 0.229 e. The molecule has 8 nitrogen and oxygen atoms in total. The number of nitrogens with zero attached hydrogens (tertiary/aromatic N) is 5. The lowest BCUT2D eigenvalue weighted by atomic mass is 9.81. The fraction of sp³-hybridized carbons (Fsp3) is 0.391. The van der Waals surface area contributed by atoms with Crippen LogP contribution in [0.25, 0.3) is 11.3 Å². The number of hydrogen-bond acceptors (Lipinski definition) is 8. The molecule has 1 aromatic carbocycles. The summed E-state index contributed by atoms with van der Waals surface area (Å²) in [6.45, 7) is 7.36. The molecule has 4 heterocycles. The molecule has 0 radical (unpaired) electrons. The van der Waals surface area contributed by atoms with Gasteiger partial charge in [0.1, 0.15) is 5.75 Å². The van der Waals surface area contributed by atoms with Gasteiger partial charge in [-0.05, 0) is 49.6 Å². The van der Waals surface area contributed by atoms with Crippen molar-refractivity contribution in [3.8, 4) is 11.3 Å². The van der Waals surface area contributed by atoms with E-state index in [1.807, 2.05) is 19.1 Å². The molecule has 0 aliphatic carbocycles. The zero-order valence-electron chi connectivity index (χ0n) is 18.3. The van der Waals surface area contributed by atoms with Gasteiger partial charge in [0.15, 0.2) is 4.90 Å². The molecule has 1 fully saturated rings. The summed E-state index contributed by atoms with van der Waals surface area (Å²) in [6.07, 6.45) is 4.99. The molecule has 0 amide bonds. The van der Waals surface area contributed by atoms with Crippen LogP contribution < -0.4 is 4.90 Å². The molecule has 2 aliphatic heterocycles. The van der Waals surface area contributed by atoms with E-state index in [1.165, 1.54) is 5.56 Å². The van der Waals surface area contributed by atoms with E-state index in [1.54, 1.807) is 38.5 Å². The summed E-state index contributed by atoms with van der Waals surface area (Å²) in [5, 5.41) is 18.4. The van der Waals surface area contributed by atoms with Crippen molar-refractivity contribution >= 4 is 22.8 Å². The van der Waals surface area contributed by atoms with Crippen LogP contribution in [0.1, 0.15) is 31.9 Å². The first kappa shape index (κ1) is 21.3. The lowest BCUT2D eigenvalue weighted by molar-refractivity contribution is -0.0507. The molecule has 9 heteroatoms. The van der Waals surface area contributed by atoms with E-state index < -0.39 is 16.8 Å². The summed E-state index contributed by atoms with van der Waals surface area (Å²) >= 11 is -1.04. The van der Waals surface area contributed by atoms with Crippen LogP contribution in [0, 0.1) is 0 Å². The van der Waals surface area contributed by atoms with E-state index in [2.05, 4.69) is 31.1 Å². The summed E-state index contributed by atoms with van der Waals surface area (Å²) in [6, 6.07) is 7.83. The minimum absolute atomic E-state index is 0.0733. The monoisotopic (exact) mass is 451 g/mol. The Morgan fingerprint density at radius 1 is 1.19 bits per heavy atom. The van der Waals surface area contributed by atoms with Crippen molar-refractivity contribution in [1.82, 2.24) is 20.2 Å². The second-order valence-corrected chi connectivity index (χ2v) is 10.6. The van der Waals surface area contributed by atoms with Crippen molar-refractivity contribution < 1.29 is 14.4 Å². The van der Waals surface area contributed by atoms with Gasteiger partial charge in [-0.15, -0.1) is 0 Å². The maximum Gasteiger partial charge on any atom is 0.229 e. The molecule has 1 N–H and O–H groups in total. The van der Waals surface area contributed by atoms with Gasteiger partial charge in [0, 0.05) is 36.1 Å². The highest BCUT2D eigenvalue weighted by atomic mass is 32.2. The molecule has 32 heavy (non-hydrogen) atoms. The van der Waals surface area contributed by atoms with Crippen molar-refractivity contribution in [2.24, 2.45) is 0 Å². The highest BCUT2D eigenvalue weighted by Gasteiger charge is 2.49. The van der Waals surface area contributed by atoms with Crippen LogP contribution in [0.15, 0.2) is 47.8 Å². The predicted molar refractivity (Wildman–Crippen MR) is 121 cm³/mol. The lowest BCUT2D eigenvalue weighted by Crippen LogP contribution is -2.49. The van der Waals surface area contributed by atoms with Crippen LogP contribution in [0.3, 0.4) is 0 Å². The summed E-state index contributed by atoms with van der Waals surface area (Å²) in [5.41, 5.74) is 3.08. The number of fused-ring (bicyclic) bond motifs is 2. The first-order valence-corrected chi connectivity index (χ1v) is 11.9. The van der Waals surface area contributed by atoms with Gasteiger partial charge < -0.3 is 19.3 Å². The Bertz CT molecular complexity index is 1150. The van der Waals surface area contributed by atoms with Gasteiger partial charge in [-0.25, -0.2) is 9.97 Å². The zero-order valence-corrected chi connectivity index (χ0v) is 19.1. The summed E-state index contributed by atoms with van der Waals surface area (Å²) in [5.74, 6) is 1.15. The summed E-state index contributed by atoms with van der Waals surface area (Å²) in [7, 11) is 0. The minimum Gasteiger partial charge on any atom is -0.611 e. The van der Waals surface area contributed by atoms with Crippen LogP contribution in [0.2, 0.25) is 0 Å². The van der Waals surface area contributed by atoms with Crippen LogP contribution >= 0.6 is 0 Å². The molecule has 1 atom stereocenters. The van der Waals surface area contributed by atoms with Crippen molar-refractivity contribution in [3.63, 3.8) is 0 Å². The number of rotatable bonds is 5. The second-order valence-electron chi connectivity index (χ2n) is 8.83. The number of ether oxygens (including phenoxy) is 1. The molecule has 2 aliphatic rings.